The van der Waals surface area contributed by atoms with Crippen LogP contribution in [0.15, 0.2) is 18.2 Å². The number of nitrogen functional groups attached to an aromatic ring is 1. The van der Waals surface area contributed by atoms with E-state index in [1.54, 1.807) is 19.2 Å². The summed E-state index contributed by atoms with van der Waals surface area (Å²) in [6.07, 6.45) is 0.691. The van der Waals surface area contributed by atoms with Gasteiger partial charge in [-0.1, -0.05) is 0 Å². The summed E-state index contributed by atoms with van der Waals surface area (Å²) in [5.74, 6) is -1.03. The number of nitrogens with two attached hydrogens (primary N) is 1. The molecule has 108 valence electrons. The number of rotatable bonds is 3. The lowest BCUT2D eigenvalue weighted by molar-refractivity contribution is -0.128. The molecule has 6 nitrogen and oxygen atoms in total. The Bertz CT molecular complexity index is 559. The molecule has 0 aliphatic carbocycles. The zero-order valence-corrected chi connectivity index (χ0v) is 11.6. The van der Waals surface area contributed by atoms with Gasteiger partial charge in [0.25, 0.3) is 0 Å². The van der Waals surface area contributed by atoms with Crippen LogP contribution >= 0.6 is 0 Å². The number of aromatic carboxylic acids is 1. The summed E-state index contributed by atoms with van der Waals surface area (Å²) in [6.45, 7) is 3.04. The number of carbonyl (C=O) groups excluding carboxylic acids is 1. The second-order valence-corrected chi connectivity index (χ2v) is 5.39. The van der Waals surface area contributed by atoms with Crippen molar-refractivity contribution in [2.24, 2.45) is 5.41 Å². The predicted molar refractivity (Wildman–Crippen MR) is 76.8 cm³/mol. The standard InChI is InChI=1S/C14H19N3O3/c1-14(13(20)16-2)5-6-17(8-14)11-4-3-9(15)7-10(11)12(18)19/h3-4,7H,5-6,8,15H2,1-2H3,(H,16,20)(H,18,19). The molecule has 1 unspecified atom stereocenters. The molecule has 1 amide bonds. The minimum Gasteiger partial charge on any atom is -0.478 e. The first-order valence-corrected chi connectivity index (χ1v) is 6.47. The molecule has 1 fully saturated rings. The molecule has 1 aliphatic heterocycles. The molecule has 1 aliphatic rings. The van der Waals surface area contributed by atoms with Crippen LogP contribution in [0.4, 0.5) is 11.4 Å². The lowest BCUT2D eigenvalue weighted by Crippen LogP contribution is -2.39. The van der Waals surface area contributed by atoms with Gasteiger partial charge in [0.05, 0.1) is 16.7 Å². The largest absolute Gasteiger partial charge is 0.478 e. The first-order chi connectivity index (χ1) is 9.37. The Labute approximate surface area is 117 Å². The Kier molecular flexibility index (Phi) is 3.57. The molecule has 1 heterocycles. The van der Waals surface area contributed by atoms with Gasteiger partial charge < -0.3 is 21.1 Å². The maximum atomic E-state index is 11.9. The number of anilines is 2. The fourth-order valence-electron chi connectivity index (χ4n) is 2.65. The SMILES string of the molecule is CNC(=O)C1(C)CCN(c2ccc(N)cc2C(=O)O)C1. The number of hydrogen-bond donors (Lipinski definition) is 3. The number of carboxylic acids is 1. The first kappa shape index (κ1) is 14.2. The van der Waals surface area contributed by atoms with E-state index in [2.05, 4.69) is 5.32 Å². The van der Waals surface area contributed by atoms with Crippen LogP contribution in [0.1, 0.15) is 23.7 Å². The number of carbonyl (C=O) groups is 2. The highest BCUT2D eigenvalue weighted by Crippen LogP contribution is 2.35. The molecule has 6 heteroatoms. The summed E-state index contributed by atoms with van der Waals surface area (Å²) in [5.41, 5.74) is 6.35. The summed E-state index contributed by atoms with van der Waals surface area (Å²) in [7, 11) is 1.61. The smallest absolute Gasteiger partial charge is 0.337 e. The third kappa shape index (κ3) is 2.41. The fourth-order valence-corrected chi connectivity index (χ4v) is 2.65. The van der Waals surface area contributed by atoms with Crippen molar-refractivity contribution in [1.29, 1.82) is 0 Å². The molecule has 0 spiro atoms. The Morgan fingerprint density at radius 1 is 1.45 bits per heavy atom. The van der Waals surface area contributed by atoms with Crippen molar-refractivity contribution < 1.29 is 14.7 Å². The van der Waals surface area contributed by atoms with Crippen molar-refractivity contribution >= 4 is 23.3 Å². The number of nitrogens with one attached hydrogen (secondary N) is 1. The van der Waals surface area contributed by atoms with Crippen LogP contribution in [0.5, 0.6) is 0 Å². The average molecular weight is 277 g/mol. The third-order valence-corrected chi connectivity index (χ3v) is 3.84. The number of amides is 1. The minimum atomic E-state index is -1.01. The molecular weight excluding hydrogens is 258 g/mol. The lowest BCUT2D eigenvalue weighted by Gasteiger charge is -2.25. The first-order valence-electron chi connectivity index (χ1n) is 6.47. The van der Waals surface area contributed by atoms with Crippen molar-refractivity contribution in [3.8, 4) is 0 Å². The van der Waals surface area contributed by atoms with Crippen molar-refractivity contribution in [3.05, 3.63) is 23.8 Å². The van der Waals surface area contributed by atoms with Crippen molar-refractivity contribution in [2.45, 2.75) is 13.3 Å². The van der Waals surface area contributed by atoms with Gasteiger partial charge in [0.1, 0.15) is 0 Å². The van der Waals surface area contributed by atoms with Crippen molar-refractivity contribution in [1.82, 2.24) is 5.32 Å². The molecule has 2 rings (SSSR count). The maximum Gasteiger partial charge on any atom is 0.337 e. The molecule has 4 N–H and O–H groups in total. The molecule has 20 heavy (non-hydrogen) atoms. The molecule has 0 bridgehead atoms. The molecule has 1 aromatic carbocycles. The van der Waals surface area contributed by atoms with Crippen molar-refractivity contribution in [2.75, 3.05) is 30.8 Å². The van der Waals surface area contributed by atoms with Crippen LogP contribution in [-0.2, 0) is 4.79 Å². The van der Waals surface area contributed by atoms with Crippen LogP contribution in [0.3, 0.4) is 0 Å². The van der Waals surface area contributed by atoms with Crippen LogP contribution in [0.2, 0.25) is 0 Å². The van der Waals surface area contributed by atoms with E-state index in [-0.39, 0.29) is 11.5 Å². The minimum absolute atomic E-state index is 0.0210. The van der Waals surface area contributed by atoms with E-state index < -0.39 is 11.4 Å². The van der Waals surface area contributed by atoms with Gasteiger partial charge in [0.2, 0.25) is 5.91 Å². The summed E-state index contributed by atoms with van der Waals surface area (Å²) in [4.78, 5) is 25.2. The monoisotopic (exact) mass is 277 g/mol. The Balaban J connectivity index is 2.31. The highest BCUT2D eigenvalue weighted by atomic mass is 16.4. The molecule has 0 radical (unpaired) electrons. The van der Waals surface area contributed by atoms with Gasteiger partial charge in [-0.25, -0.2) is 4.79 Å². The van der Waals surface area contributed by atoms with Crippen LogP contribution in [0, 0.1) is 5.41 Å². The molecule has 1 aromatic rings. The molecule has 1 saturated heterocycles. The predicted octanol–water partition coefficient (Wildman–Crippen LogP) is 0.929. The lowest BCUT2D eigenvalue weighted by atomic mass is 9.89. The summed E-state index contributed by atoms with van der Waals surface area (Å²) >= 11 is 0. The average Bonchev–Trinajstić information content (AvgIpc) is 2.81. The number of carboxylic acid groups (broad SMARTS) is 1. The van der Waals surface area contributed by atoms with Gasteiger partial charge in [-0.05, 0) is 31.5 Å². The molecule has 1 atom stereocenters. The number of hydrogen-bond acceptors (Lipinski definition) is 4. The van der Waals surface area contributed by atoms with Gasteiger partial charge in [-0.2, -0.15) is 0 Å². The van der Waals surface area contributed by atoms with Crippen molar-refractivity contribution in [3.63, 3.8) is 0 Å². The highest BCUT2D eigenvalue weighted by Gasteiger charge is 2.40. The van der Waals surface area contributed by atoms with Crippen LogP contribution < -0.4 is 16.0 Å². The summed E-state index contributed by atoms with van der Waals surface area (Å²) in [6, 6.07) is 4.83. The normalized spacial score (nSPS) is 21.8. The van der Waals surface area contributed by atoms with Gasteiger partial charge in [-0.15, -0.1) is 0 Å². The second-order valence-electron chi connectivity index (χ2n) is 5.39. The van der Waals surface area contributed by atoms with E-state index in [9.17, 15) is 14.7 Å². The maximum absolute atomic E-state index is 11.9. The van der Waals surface area contributed by atoms with E-state index in [1.807, 2.05) is 11.8 Å². The summed E-state index contributed by atoms with van der Waals surface area (Å²) < 4.78 is 0. The van der Waals surface area contributed by atoms with Gasteiger partial charge in [0.15, 0.2) is 0 Å². The van der Waals surface area contributed by atoms with E-state index in [4.69, 9.17) is 5.73 Å². The van der Waals surface area contributed by atoms with Crippen LogP contribution in [0.25, 0.3) is 0 Å². The third-order valence-electron chi connectivity index (χ3n) is 3.84. The molecular formula is C14H19N3O3. The number of nitrogens with zero attached hydrogens (tertiary/aromatic N) is 1. The molecule has 0 saturated carbocycles. The van der Waals surface area contributed by atoms with Gasteiger partial charge in [-0.3, -0.25) is 4.79 Å². The van der Waals surface area contributed by atoms with Crippen LogP contribution in [-0.4, -0.2) is 37.1 Å². The highest BCUT2D eigenvalue weighted by molar-refractivity contribution is 5.96. The quantitative estimate of drug-likeness (QED) is 0.714. The Morgan fingerprint density at radius 3 is 2.75 bits per heavy atom. The van der Waals surface area contributed by atoms with Gasteiger partial charge >= 0.3 is 5.97 Å². The van der Waals surface area contributed by atoms with E-state index >= 15 is 0 Å². The zero-order chi connectivity index (χ0) is 14.9. The van der Waals surface area contributed by atoms with Gasteiger partial charge in [0, 0.05) is 25.8 Å². The Morgan fingerprint density at radius 2 is 2.15 bits per heavy atom. The summed E-state index contributed by atoms with van der Waals surface area (Å²) in [5, 5.41) is 11.9. The fraction of sp³-hybridized carbons (Fsp3) is 0.429. The Hall–Kier alpha value is -2.24. The van der Waals surface area contributed by atoms with E-state index in [0.717, 1.165) is 0 Å². The molecule has 0 aromatic heterocycles. The zero-order valence-electron chi connectivity index (χ0n) is 11.6. The van der Waals surface area contributed by atoms with E-state index in [1.165, 1.54) is 6.07 Å². The van der Waals surface area contributed by atoms with E-state index in [0.29, 0.717) is 30.9 Å². The topological polar surface area (TPSA) is 95.7 Å². The number of benzene rings is 1. The second kappa shape index (κ2) is 5.03.